The van der Waals surface area contributed by atoms with Crippen LogP contribution in [0.1, 0.15) is 40.0 Å². The molecule has 0 atom stereocenters. The summed E-state index contributed by atoms with van der Waals surface area (Å²) in [6.45, 7) is 7.13. The summed E-state index contributed by atoms with van der Waals surface area (Å²) in [6.07, 6.45) is 1.98. The summed E-state index contributed by atoms with van der Waals surface area (Å²) in [7, 11) is -1.69. The number of nitrogens with two attached hydrogens (primary N) is 1. The van der Waals surface area contributed by atoms with Gasteiger partial charge in [0.15, 0.2) is 0 Å². The second-order valence-electron chi connectivity index (χ2n) is 4.46. The van der Waals surface area contributed by atoms with Crippen LogP contribution < -0.4 is 5.73 Å². The highest BCUT2D eigenvalue weighted by molar-refractivity contribution is 7.89. The van der Waals surface area contributed by atoms with Crippen molar-refractivity contribution in [3.63, 3.8) is 0 Å². The van der Waals surface area contributed by atoms with E-state index in [2.05, 4.69) is 0 Å². The molecule has 0 aliphatic heterocycles. The molecule has 5 nitrogen and oxygen atoms in total. The number of methoxy groups -OCH3 is 1. The standard InChI is InChI=1S/C12H28N2O3S/c1-5-12(6-2,11-13)14(7-3)18(15,16)10-8-9-17-4/h5-11,13H2,1-4H3. The molecular weight excluding hydrogens is 252 g/mol. The maximum Gasteiger partial charge on any atom is 0.214 e. The summed E-state index contributed by atoms with van der Waals surface area (Å²) in [5.74, 6) is 0.121. The van der Waals surface area contributed by atoms with Crippen LogP contribution in [0.15, 0.2) is 0 Å². The van der Waals surface area contributed by atoms with Gasteiger partial charge in [0.2, 0.25) is 10.0 Å². The highest BCUT2D eigenvalue weighted by atomic mass is 32.2. The third kappa shape index (κ3) is 4.19. The summed E-state index contributed by atoms with van der Waals surface area (Å²) in [4.78, 5) is 0. The number of sulfonamides is 1. The Labute approximate surface area is 112 Å². The molecule has 0 radical (unpaired) electrons. The van der Waals surface area contributed by atoms with Crippen molar-refractivity contribution < 1.29 is 13.2 Å². The molecule has 6 heteroatoms. The lowest BCUT2D eigenvalue weighted by Crippen LogP contribution is -2.56. The van der Waals surface area contributed by atoms with E-state index in [0.717, 1.165) is 12.8 Å². The Morgan fingerprint density at radius 2 is 1.78 bits per heavy atom. The summed E-state index contributed by atoms with van der Waals surface area (Å²) < 4.78 is 31.2. The van der Waals surface area contributed by atoms with Crippen molar-refractivity contribution in [3.05, 3.63) is 0 Å². The van der Waals surface area contributed by atoms with Crippen LogP contribution in [0.3, 0.4) is 0 Å². The molecule has 2 N–H and O–H groups in total. The first-order valence-electron chi connectivity index (χ1n) is 6.63. The van der Waals surface area contributed by atoms with Crippen LogP contribution >= 0.6 is 0 Å². The Morgan fingerprint density at radius 3 is 2.11 bits per heavy atom. The van der Waals surface area contributed by atoms with Gasteiger partial charge in [-0.25, -0.2) is 8.42 Å². The molecule has 0 aromatic carbocycles. The normalized spacial score (nSPS) is 13.2. The molecule has 18 heavy (non-hydrogen) atoms. The van der Waals surface area contributed by atoms with Crippen molar-refractivity contribution in [2.45, 2.75) is 45.6 Å². The summed E-state index contributed by atoms with van der Waals surface area (Å²) in [5.41, 5.74) is 5.38. The summed E-state index contributed by atoms with van der Waals surface area (Å²) in [5, 5.41) is 0. The molecule has 0 saturated heterocycles. The molecule has 110 valence electrons. The van der Waals surface area contributed by atoms with Gasteiger partial charge in [-0.15, -0.1) is 0 Å². The average molecular weight is 280 g/mol. The van der Waals surface area contributed by atoms with Crippen LogP contribution in [0.2, 0.25) is 0 Å². The van der Waals surface area contributed by atoms with E-state index < -0.39 is 15.6 Å². The van der Waals surface area contributed by atoms with Gasteiger partial charge in [-0.1, -0.05) is 20.8 Å². The molecule has 0 unspecified atom stereocenters. The summed E-state index contributed by atoms with van der Waals surface area (Å²) >= 11 is 0. The predicted octanol–water partition coefficient (Wildman–Crippen LogP) is 1.19. The van der Waals surface area contributed by atoms with Crippen molar-refractivity contribution in [2.75, 3.05) is 32.6 Å². The molecule has 0 saturated carbocycles. The Bertz CT molecular complexity index is 305. The quantitative estimate of drug-likeness (QED) is 0.610. The van der Waals surface area contributed by atoms with Gasteiger partial charge in [-0.3, -0.25) is 0 Å². The van der Waals surface area contributed by atoms with Crippen molar-refractivity contribution in [3.8, 4) is 0 Å². The molecule has 0 aliphatic carbocycles. The van der Waals surface area contributed by atoms with E-state index in [1.54, 1.807) is 11.4 Å². The largest absolute Gasteiger partial charge is 0.385 e. The van der Waals surface area contributed by atoms with Crippen molar-refractivity contribution in [1.82, 2.24) is 4.31 Å². The number of rotatable bonds is 10. The van der Waals surface area contributed by atoms with Crippen LogP contribution in [0.25, 0.3) is 0 Å². The first-order chi connectivity index (χ1) is 8.44. The Balaban J connectivity index is 5.04. The minimum absolute atomic E-state index is 0.121. The van der Waals surface area contributed by atoms with Crippen LogP contribution in [0.4, 0.5) is 0 Å². The summed E-state index contributed by atoms with van der Waals surface area (Å²) in [6, 6.07) is 0. The molecular formula is C12H28N2O3S. The highest BCUT2D eigenvalue weighted by Crippen LogP contribution is 2.26. The molecule has 0 amide bonds. The van der Waals surface area contributed by atoms with E-state index >= 15 is 0 Å². The van der Waals surface area contributed by atoms with Gasteiger partial charge in [-0.05, 0) is 19.3 Å². The monoisotopic (exact) mass is 280 g/mol. The molecule has 0 rings (SSSR count). The van der Waals surface area contributed by atoms with Crippen LogP contribution in [0.5, 0.6) is 0 Å². The SMILES string of the molecule is CCN(C(CC)(CC)CN)S(=O)(=O)CCCOC. The fraction of sp³-hybridized carbons (Fsp3) is 1.00. The van der Waals surface area contributed by atoms with Gasteiger partial charge >= 0.3 is 0 Å². The van der Waals surface area contributed by atoms with Gasteiger partial charge in [0.1, 0.15) is 0 Å². The molecule has 0 spiro atoms. The maximum absolute atomic E-state index is 12.4. The second kappa shape index (κ2) is 8.09. The van der Waals surface area contributed by atoms with Gasteiger partial charge in [0.05, 0.1) is 5.75 Å². The van der Waals surface area contributed by atoms with Gasteiger partial charge < -0.3 is 10.5 Å². The zero-order chi connectivity index (χ0) is 14.2. The average Bonchev–Trinajstić information content (AvgIpc) is 2.36. The van der Waals surface area contributed by atoms with Crippen LogP contribution in [-0.2, 0) is 14.8 Å². The zero-order valence-electron chi connectivity index (χ0n) is 12.1. The van der Waals surface area contributed by atoms with E-state index in [4.69, 9.17) is 10.5 Å². The molecule has 0 aromatic heterocycles. The Kier molecular flexibility index (Phi) is 8.02. The minimum Gasteiger partial charge on any atom is -0.385 e. The Morgan fingerprint density at radius 1 is 1.22 bits per heavy atom. The third-order valence-corrected chi connectivity index (χ3v) is 5.72. The first kappa shape index (κ1) is 17.8. The van der Waals surface area contributed by atoms with E-state index in [1.807, 2.05) is 20.8 Å². The smallest absolute Gasteiger partial charge is 0.214 e. The molecule has 0 heterocycles. The number of likely N-dealkylation sites (N-methyl/N-ethyl adjacent to an activating group) is 1. The van der Waals surface area contributed by atoms with Crippen molar-refractivity contribution in [2.24, 2.45) is 5.73 Å². The first-order valence-corrected chi connectivity index (χ1v) is 8.24. The van der Waals surface area contributed by atoms with Crippen LogP contribution in [-0.4, -0.2) is 50.8 Å². The topological polar surface area (TPSA) is 72.6 Å². The molecule has 0 aliphatic rings. The number of hydrogen-bond acceptors (Lipinski definition) is 4. The number of nitrogens with zero attached hydrogens (tertiary/aromatic N) is 1. The van der Waals surface area contributed by atoms with E-state index in [0.29, 0.717) is 26.1 Å². The lowest BCUT2D eigenvalue weighted by atomic mass is 9.93. The van der Waals surface area contributed by atoms with E-state index in [9.17, 15) is 8.42 Å². The lowest BCUT2D eigenvalue weighted by molar-refractivity contribution is 0.180. The fourth-order valence-electron chi connectivity index (χ4n) is 2.32. The minimum atomic E-state index is -3.27. The third-order valence-electron chi connectivity index (χ3n) is 3.60. The second-order valence-corrected chi connectivity index (χ2v) is 6.48. The van der Waals surface area contributed by atoms with Crippen molar-refractivity contribution in [1.29, 1.82) is 0 Å². The lowest BCUT2D eigenvalue weighted by Gasteiger charge is -2.40. The Hall–Kier alpha value is -0.170. The van der Waals surface area contributed by atoms with Gasteiger partial charge in [-0.2, -0.15) is 4.31 Å². The fourth-order valence-corrected chi connectivity index (χ4v) is 4.34. The van der Waals surface area contributed by atoms with Crippen LogP contribution in [0, 0.1) is 0 Å². The number of ether oxygens (including phenoxy) is 1. The highest BCUT2D eigenvalue weighted by Gasteiger charge is 2.38. The predicted molar refractivity (Wildman–Crippen MR) is 75.0 cm³/mol. The molecule has 0 fully saturated rings. The molecule has 0 bridgehead atoms. The van der Waals surface area contributed by atoms with Gasteiger partial charge in [0.25, 0.3) is 0 Å². The van der Waals surface area contributed by atoms with Crippen molar-refractivity contribution >= 4 is 10.0 Å². The van der Waals surface area contributed by atoms with E-state index in [-0.39, 0.29) is 5.75 Å². The maximum atomic E-state index is 12.4. The van der Waals surface area contributed by atoms with E-state index in [1.165, 1.54) is 0 Å². The molecule has 0 aromatic rings. The number of hydrogen-bond donors (Lipinski definition) is 1. The van der Waals surface area contributed by atoms with Gasteiger partial charge in [0, 0.05) is 32.3 Å². The zero-order valence-corrected chi connectivity index (χ0v) is 12.9.